The minimum absolute atomic E-state index is 0.0237. The summed E-state index contributed by atoms with van der Waals surface area (Å²) < 4.78 is 5.06. The molecule has 0 bridgehead atoms. The number of benzene rings is 1. The van der Waals surface area contributed by atoms with E-state index in [-0.39, 0.29) is 18.3 Å². The van der Waals surface area contributed by atoms with Gasteiger partial charge in [-0.3, -0.25) is 9.59 Å². The minimum Gasteiger partial charge on any atom is -0.454 e. The topological polar surface area (TPSA) is 72.5 Å². The number of carbonyl (C=O) groups excluding carboxylic acids is 3. The van der Waals surface area contributed by atoms with Crippen molar-refractivity contribution in [1.82, 2.24) is 0 Å². The third-order valence-corrected chi connectivity index (χ3v) is 4.28. The lowest BCUT2D eigenvalue weighted by Gasteiger charge is -2.17. The lowest BCUT2D eigenvalue weighted by Crippen LogP contribution is -2.20. The second kappa shape index (κ2) is 6.11. The Morgan fingerprint density at radius 1 is 1.23 bits per heavy atom. The van der Waals surface area contributed by atoms with Crippen LogP contribution < -0.4 is 5.32 Å². The van der Waals surface area contributed by atoms with Crippen molar-refractivity contribution in [3.05, 3.63) is 51.7 Å². The van der Waals surface area contributed by atoms with Gasteiger partial charge in [-0.05, 0) is 41.6 Å². The van der Waals surface area contributed by atoms with E-state index in [0.717, 1.165) is 11.3 Å². The third kappa shape index (κ3) is 3.07. The van der Waals surface area contributed by atoms with Crippen LogP contribution in [0.1, 0.15) is 32.0 Å². The second-order valence-electron chi connectivity index (χ2n) is 4.90. The number of amides is 1. The summed E-state index contributed by atoms with van der Waals surface area (Å²) in [5.41, 5.74) is 2.01. The van der Waals surface area contributed by atoms with Gasteiger partial charge in [0.05, 0.1) is 10.4 Å². The molecule has 0 aliphatic carbocycles. The zero-order chi connectivity index (χ0) is 15.5. The van der Waals surface area contributed by atoms with Crippen LogP contribution in [0.25, 0.3) is 0 Å². The Kier molecular flexibility index (Phi) is 4.02. The average Bonchev–Trinajstić information content (AvgIpc) is 3.06. The van der Waals surface area contributed by atoms with E-state index in [2.05, 4.69) is 5.32 Å². The maximum Gasteiger partial charge on any atom is 0.338 e. The maximum absolute atomic E-state index is 12.0. The molecule has 0 radical (unpaired) electrons. The number of carbonyl (C=O) groups is 3. The Hall–Kier alpha value is -2.47. The van der Waals surface area contributed by atoms with Crippen LogP contribution in [0.5, 0.6) is 0 Å². The highest BCUT2D eigenvalue weighted by Crippen LogP contribution is 2.23. The second-order valence-corrected chi connectivity index (χ2v) is 5.84. The highest BCUT2D eigenvalue weighted by Gasteiger charge is 2.18. The first kappa shape index (κ1) is 14.5. The molecule has 0 fully saturated rings. The van der Waals surface area contributed by atoms with Crippen molar-refractivity contribution in [2.45, 2.75) is 12.8 Å². The van der Waals surface area contributed by atoms with E-state index in [9.17, 15) is 14.4 Å². The summed E-state index contributed by atoms with van der Waals surface area (Å²) in [7, 11) is 0. The zero-order valence-corrected chi connectivity index (χ0v) is 12.4. The Balaban J connectivity index is 1.65. The van der Waals surface area contributed by atoms with Crippen LogP contribution in [0.15, 0.2) is 35.7 Å². The van der Waals surface area contributed by atoms with Crippen molar-refractivity contribution in [3.63, 3.8) is 0 Å². The minimum atomic E-state index is -0.537. The fourth-order valence-electron chi connectivity index (χ4n) is 2.23. The number of nitrogens with one attached hydrogen (secondary N) is 1. The summed E-state index contributed by atoms with van der Waals surface area (Å²) in [6, 6.07) is 8.44. The highest BCUT2D eigenvalue weighted by molar-refractivity contribution is 7.12. The molecule has 0 saturated carbocycles. The molecule has 1 aliphatic rings. The van der Waals surface area contributed by atoms with E-state index in [1.165, 1.54) is 11.3 Å². The lowest BCUT2D eigenvalue weighted by molar-refractivity contribution is -0.116. The van der Waals surface area contributed by atoms with Crippen LogP contribution in [-0.4, -0.2) is 24.3 Å². The van der Waals surface area contributed by atoms with Crippen LogP contribution in [-0.2, 0) is 16.0 Å². The normalized spacial score (nSPS) is 13.2. The standard InChI is InChI=1S/C16H13NO4S/c18-13(14-2-1-7-22-14)9-21-16(20)11-3-5-12-10(8-11)4-6-15(19)17-12/h1-3,5,7-8H,4,6,9H2,(H,17,19). The molecule has 1 aromatic carbocycles. The smallest absolute Gasteiger partial charge is 0.338 e. The molecule has 22 heavy (non-hydrogen) atoms. The van der Waals surface area contributed by atoms with E-state index >= 15 is 0 Å². The number of Topliss-reactive ketones (excluding diaryl/α,β-unsaturated/α-hetero) is 1. The zero-order valence-electron chi connectivity index (χ0n) is 11.6. The number of hydrogen-bond donors (Lipinski definition) is 1. The largest absolute Gasteiger partial charge is 0.454 e. The molecule has 5 nitrogen and oxygen atoms in total. The van der Waals surface area contributed by atoms with Crippen LogP contribution >= 0.6 is 11.3 Å². The molecule has 1 aliphatic heterocycles. The van der Waals surface area contributed by atoms with Crippen LogP contribution in [0.3, 0.4) is 0 Å². The monoisotopic (exact) mass is 315 g/mol. The van der Waals surface area contributed by atoms with Crippen LogP contribution in [0.4, 0.5) is 5.69 Å². The molecule has 1 N–H and O–H groups in total. The number of anilines is 1. The number of ether oxygens (including phenoxy) is 1. The van der Waals surface area contributed by atoms with E-state index < -0.39 is 5.97 Å². The Morgan fingerprint density at radius 3 is 2.86 bits per heavy atom. The van der Waals surface area contributed by atoms with Gasteiger partial charge in [0.2, 0.25) is 11.7 Å². The number of hydrogen-bond acceptors (Lipinski definition) is 5. The fourth-order valence-corrected chi connectivity index (χ4v) is 2.88. The first-order valence-corrected chi connectivity index (χ1v) is 7.68. The molecule has 1 amide bonds. The van der Waals surface area contributed by atoms with Gasteiger partial charge in [0, 0.05) is 12.1 Å². The summed E-state index contributed by atoms with van der Waals surface area (Å²) in [5, 5.41) is 4.55. The van der Waals surface area contributed by atoms with E-state index in [0.29, 0.717) is 23.3 Å². The summed E-state index contributed by atoms with van der Waals surface area (Å²) >= 11 is 1.32. The molecule has 3 rings (SSSR count). The van der Waals surface area contributed by atoms with Gasteiger partial charge in [-0.25, -0.2) is 4.79 Å². The number of rotatable bonds is 4. The van der Waals surface area contributed by atoms with Crippen molar-refractivity contribution in [3.8, 4) is 0 Å². The van der Waals surface area contributed by atoms with Gasteiger partial charge in [-0.1, -0.05) is 6.07 Å². The van der Waals surface area contributed by atoms with Gasteiger partial charge in [0.15, 0.2) is 6.61 Å². The van der Waals surface area contributed by atoms with Gasteiger partial charge < -0.3 is 10.1 Å². The highest BCUT2D eigenvalue weighted by atomic mass is 32.1. The quantitative estimate of drug-likeness (QED) is 0.695. The van der Waals surface area contributed by atoms with Gasteiger partial charge in [0.1, 0.15) is 0 Å². The van der Waals surface area contributed by atoms with Gasteiger partial charge >= 0.3 is 5.97 Å². The lowest BCUT2D eigenvalue weighted by atomic mass is 10.0. The van der Waals surface area contributed by atoms with E-state index in [1.807, 2.05) is 0 Å². The fraction of sp³-hybridized carbons (Fsp3) is 0.188. The molecular formula is C16H13NO4S. The predicted octanol–water partition coefficient (Wildman–Crippen LogP) is 2.67. The van der Waals surface area contributed by atoms with Gasteiger partial charge in [0.25, 0.3) is 0 Å². The number of thiophene rings is 1. The van der Waals surface area contributed by atoms with Gasteiger partial charge in [-0.15, -0.1) is 11.3 Å². The van der Waals surface area contributed by atoms with E-state index in [1.54, 1.807) is 35.7 Å². The summed E-state index contributed by atoms with van der Waals surface area (Å²) in [6.45, 7) is -0.271. The predicted molar refractivity (Wildman–Crippen MR) is 82.3 cm³/mol. The van der Waals surface area contributed by atoms with Crippen molar-refractivity contribution >= 4 is 34.7 Å². The Bertz CT molecular complexity index is 737. The first-order valence-electron chi connectivity index (χ1n) is 6.80. The molecule has 0 spiro atoms. The average molecular weight is 315 g/mol. The molecule has 2 aromatic rings. The molecule has 6 heteroatoms. The number of ketones is 1. The molecule has 112 valence electrons. The number of esters is 1. The Labute approximate surface area is 130 Å². The van der Waals surface area contributed by atoms with Crippen molar-refractivity contribution in [2.75, 3.05) is 11.9 Å². The van der Waals surface area contributed by atoms with Crippen LogP contribution in [0, 0.1) is 0 Å². The SMILES string of the molecule is O=C1CCc2cc(C(=O)OCC(=O)c3cccs3)ccc2N1. The van der Waals surface area contributed by atoms with Gasteiger partial charge in [-0.2, -0.15) is 0 Å². The molecule has 0 unspecified atom stereocenters. The number of aryl methyl sites for hydroxylation is 1. The Morgan fingerprint density at radius 2 is 2.09 bits per heavy atom. The molecule has 2 heterocycles. The molecular weight excluding hydrogens is 302 g/mol. The molecule has 1 aromatic heterocycles. The summed E-state index contributed by atoms with van der Waals surface area (Å²) in [5.74, 6) is -0.775. The van der Waals surface area contributed by atoms with Crippen molar-refractivity contribution in [2.24, 2.45) is 0 Å². The third-order valence-electron chi connectivity index (χ3n) is 3.37. The van der Waals surface area contributed by atoms with E-state index in [4.69, 9.17) is 4.74 Å². The van der Waals surface area contributed by atoms with Crippen molar-refractivity contribution < 1.29 is 19.1 Å². The van der Waals surface area contributed by atoms with Crippen molar-refractivity contribution in [1.29, 1.82) is 0 Å². The maximum atomic E-state index is 12.0. The first-order chi connectivity index (χ1) is 10.6. The number of fused-ring (bicyclic) bond motifs is 1. The molecule has 0 saturated heterocycles. The molecule has 0 atom stereocenters. The summed E-state index contributed by atoms with van der Waals surface area (Å²) in [6.07, 6.45) is 0.999. The van der Waals surface area contributed by atoms with Crippen LogP contribution in [0.2, 0.25) is 0 Å². The summed E-state index contributed by atoms with van der Waals surface area (Å²) in [4.78, 5) is 35.7.